The first kappa shape index (κ1) is 18.4. The predicted molar refractivity (Wildman–Crippen MR) is 96.5 cm³/mol. The van der Waals surface area contributed by atoms with E-state index in [2.05, 4.69) is 25.1 Å². The molecule has 5 atom stereocenters. The highest BCUT2D eigenvalue weighted by Gasteiger charge is 2.57. The number of fused-ring (bicyclic) bond motifs is 3. The maximum Gasteiger partial charge on any atom is 0.311 e. The van der Waals surface area contributed by atoms with E-state index < -0.39 is 11.5 Å². The van der Waals surface area contributed by atoms with E-state index in [0.29, 0.717) is 12.8 Å². The summed E-state index contributed by atoms with van der Waals surface area (Å²) in [5, 5.41) is 20.0. The molecule has 1 aromatic carbocycles. The fourth-order valence-corrected chi connectivity index (χ4v) is 5.52. The summed E-state index contributed by atoms with van der Waals surface area (Å²) in [5.74, 6) is 0.0639. The lowest BCUT2D eigenvalue weighted by Crippen LogP contribution is -2.56. The SMILES string of the molecule is COC(=O)C1(C)CC(O)CC2(C)c3ccc(C(C)CO)cc3CCC12. The lowest BCUT2D eigenvalue weighted by molar-refractivity contribution is -0.166. The number of hydrogen-bond donors (Lipinski definition) is 2. The average Bonchev–Trinajstić information content (AvgIpc) is 2.58. The average molecular weight is 346 g/mol. The van der Waals surface area contributed by atoms with Gasteiger partial charge in [-0.05, 0) is 60.6 Å². The lowest BCUT2D eigenvalue weighted by Gasteiger charge is -2.55. The number of methoxy groups -OCH3 is 1. The second-order valence-electron chi connectivity index (χ2n) is 8.48. The standard InChI is InChI=1S/C21H30O4/c1-13(12-22)14-5-7-17-15(9-14)6-8-18-20(17,2)10-16(23)11-21(18,3)19(24)25-4/h5,7,9,13,16,18,22-23H,6,8,10-12H2,1-4H3. The first-order chi connectivity index (χ1) is 11.8. The molecule has 0 heterocycles. The molecule has 5 unspecified atom stereocenters. The van der Waals surface area contributed by atoms with E-state index in [1.165, 1.54) is 18.2 Å². The minimum absolute atomic E-state index is 0.119. The zero-order chi connectivity index (χ0) is 18.4. The van der Waals surface area contributed by atoms with Gasteiger partial charge in [0.2, 0.25) is 0 Å². The molecule has 4 nitrogen and oxygen atoms in total. The van der Waals surface area contributed by atoms with E-state index in [9.17, 15) is 15.0 Å². The van der Waals surface area contributed by atoms with Gasteiger partial charge in [-0.15, -0.1) is 0 Å². The Labute approximate surface area is 150 Å². The summed E-state index contributed by atoms with van der Waals surface area (Å²) < 4.78 is 5.11. The number of benzene rings is 1. The topological polar surface area (TPSA) is 66.8 Å². The Hall–Kier alpha value is -1.39. The molecule has 2 aliphatic carbocycles. The van der Waals surface area contributed by atoms with Crippen LogP contribution in [0.1, 0.15) is 62.6 Å². The molecule has 0 bridgehead atoms. The largest absolute Gasteiger partial charge is 0.469 e. The van der Waals surface area contributed by atoms with E-state index in [4.69, 9.17) is 4.74 Å². The van der Waals surface area contributed by atoms with Crippen molar-refractivity contribution in [1.82, 2.24) is 0 Å². The fraction of sp³-hybridized carbons (Fsp3) is 0.667. The fourth-order valence-electron chi connectivity index (χ4n) is 5.52. The quantitative estimate of drug-likeness (QED) is 0.826. The van der Waals surface area contributed by atoms with Gasteiger partial charge in [0, 0.05) is 12.5 Å². The van der Waals surface area contributed by atoms with E-state index in [1.807, 2.05) is 13.8 Å². The van der Waals surface area contributed by atoms with E-state index in [0.717, 1.165) is 18.4 Å². The Morgan fingerprint density at radius 3 is 2.72 bits per heavy atom. The van der Waals surface area contributed by atoms with Gasteiger partial charge < -0.3 is 14.9 Å². The van der Waals surface area contributed by atoms with Gasteiger partial charge in [0.15, 0.2) is 0 Å². The molecule has 0 aromatic heterocycles. The van der Waals surface area contributed by atoms with E-state index >= 15 is 0 Å². The molecule has 0 aliphatic heterocycles. The summed E-state index contributed by atoms with van der Waals surface area (Å²) in [6.07, 6.45) is 2.47. The van der Waals surface area contributed by atoms with Crippen molar-refractivity contribution >= 4 is 5.97 Å². The molecule has 1 saturated carbocycles. The van der Waals surface area contributed by atoms with Crippen molar-refractivity contribution in [2.24, 2.45) is 11.3 Å². The van der Waals surface area contributed by atoms with Gasteiger partial charge in [-0.3, -0.25) is 4.79 Å². The summed E-state index contributed by atoms with van der Waals surface area (Å²) in [4.78, 5) is 12.6. The van der Waals surface area contributed by atoms with Gasteiger partial charge >= 0.3 is 5.97 Å². The number of carbonyl (C=O) groups excluding carboxylic acids is 1. The number of rotatable bonds is 3. The molecule has 2 aliphatic rings. The van der Waals surface area contributed by atoms with Crippen molar-refractivity contribution in [1.29, 1.82) is 0 Å². The highest BCUT2D eigenvalue weighted by atomic mass is 16.5. The third kappa shape index (κ3) is 2.80. The van der Waals surface area contributed by atoms with Crippen LogP contribution in [0.2, 0.25) is 0 Å². The van der Waals surface area contributed by atoms with Crippen molar-refractivity contribution in [2.45, 2.75) is 63.9 Å². The summed E-state index contributed by atoms with van der Waals surface area (Å²) in [6.45, 7) is 6.30. The Balaban J connectivity index is 2.07. The number of esters is 1. The Bertz CT molecular complexity index is 670. The molecule has 2 N–H and O–H groups in total. The number of carbonyl (C=O) groups is 1. The van der Waals surface area contributed by atoms with Crippen LogP contribution in [-0.2, 0) is 21.4 Å². The number of aryl methyl sites for hydroxylation is 1. The van der Waals surface area contributed by atoms with Crippen molar-refractivity contribution in [3.8, 4) is 0 Å². The summed E-state index contributed by atoms with van der Waals surface area (Å²) >= 11 is 0. The number of ether oxygens (including phenoxy) is 1. The van der Waals surface area contributed by atoms with Gasteiger partial charge in [0.1, 0.15) is 0 Å². The molecular formula is C21H30O4. The monoisotopic (exact) mass is 346 g/mol. The van der Waals surface area contributed by atoms with Crippen LogP contribution in [0.15, 0.2) is 18.2 Å². The smallest absolute Gasteiger partial charge is 0.311 e. The lowest BCUT2D eigenvalue weighted by atomic mass is 9.49. The van der Waals surface area contributed by atoms with E-state index in [1.54, 1.807) is 0 Å². The Morgan fingerprint density at radius 1 is 1.36 bits per heavy atom. The van der Waals surface area contributed by atoms with Crippen LogP contribution in [0.3, 0.4) is 0 Å². The van der Waals surface area contributed by atoms with Crippen molar-refractivity contribution in [2.75, 3.05) is 13.7 Å². The maximum atomic E-state index is 12.6. The minimum Gasteiger partial charge on any atom is -0.469 e. The molecule has 25 heavy (non-hydrogen) atoms. The van der Waals surface area contributed by atoms with Crippen LogP contribution < -0.4 is 0 Å². The van der Waals surface area contributed by atoms with E-state index in [-0.39, 0.29) is 29.8 Å². The first-order valence-corrected chi connectivity index (χ1v) is 9.27. The van der Waals surface area contributed by atoms with Crippen molar-refractivity contribution < 1.29 is 19.7 Å². The van der Waals surface area contributed by atoms with Crippen molar-refractivity contribution in [3.63, 3.8) is 0 Å². The minimum atomic E-state index is -0.657. The molecule has 0 amide bonds. The second kappa shape index (κ2) is 6.40. The van der Waals surface area contributed by atoms with Gasteiger partial charge in [0.05, 0.1) is 18.6 Å². The molecule has 0 saturated heterocycles. The van der Waals surface area contributed by atoms with Crippen molar-refractivity contribution in [3.05, 3.63) is 34.9 Å². The van der Waals surface area contributed by atoms with Gasteiger partial charge in [-0.25, -0.2) is 0 Å². The Morgan fingerprint density at radius 2 is 2.08 bits per heavy atom. The normalized spacial score (nSPS) is 35.4. The molecule has 138 valence electrons. The molecule has 4 heteroatoms. The van der Waals surface area contributed by atoms with Crippen LogP contribution in [0, 0.1) is 11.3 Å². The summed E-state index contributed by atoms with van der Waals surface area (Å²) in [6, 6.07) is 6.44. The first-order valence-electron chi connectivity index (χ1n) is 9.27. The van der Waals surface area contributed by atoms with Gasteiger partial charge in [-0.1, -0.05) is 32.0 Å². The molecule has 1 aromatic rings. The Kier molecular flexibility index (Phi) is 4.71. The third-order valence-electron chi connectivity index (χ3n) is 6.80. The van der Waals surface area contributed by atoms with Crippen LogP contribution in [-0.4, -0.2) is 36.0 Å². The zero-order valence-electron chi connectivity index (χ0n) is 15.7. The van der Waals surface area contributed by atoms with Crippen LogP contribution >= 0.6 is 0 Å². The molecular weight excluding hydrogens is 316 g/mol. The number of aliphatic hydroxyl groups excluding tert-OH is 2. The number of aliphatic hydroxyl groups is 2. The van der Waals surface area contributed by atoms with Crippen LogP contribution in [0.25, 0.3) is 0 Å². The number of hydrogen-bond acceptors (Lipinski definition) is 4. The molecule has 3 rings (SSSR count). The summed E-state index contributed by atoms with van der Waals surface area (Å²) in [5.41, 5.74) is 2.78. The second-order valence-corrected chi connectivity index (χ2v) is 8.48. The third-order valence-corrected chi connectivity index (χ3v) is 6.80. The predicted octanol–water partition coefficient (Wildman–Crippen LogP) is 2.94. The molecule has 0 spiro atoms. The highest BCUT2D eigenvalue weighted by molar-refractivity contribution is 5.77. The maximum absolute atomic E-state index is 12.6. The molecule has 1 fully saturated rings. The van der Waals surface area contributed by atoms with Gasteiger partial charge in [-0.2, -0.15) is 0 Å². The summed E-state index contributed by atoms with van der Waals surface area (Å²) in [7, 11) is 1.44. The zero-order valence-corrected chi connectivity index (χ0v) is 15.7. The van der Waals surface area contributed by atoms with Crippen LogP contribution in [0.5, 0.6) is 0 Å². The molecule has 0 radical (unpaired) electrons. The highest BCUT2D eigenvalue weighted by Crippen LogP contribution is 2.57. The van der Waals surface area contributed by atoms with Crippen LogP contribution in [0.4, 0.5) is 0 Å². The van der Waals surface area contributed by atoms with Gasteiger partial charge in [0.25, 0.3) is 0 Å².